The van der Waals surface area contributed by atoms with E-state index in [1.165, 1.54) is 11.8 Å². The Morgan fingerprint density at radius 1 is 1.11 bits per heavy atom. The summed E-state index contributed by atoms with van der Waals surface area (Å²) >= 11 is 7.12. The minimum absolute atomic E-state index is 0.0124. The fraction of sp³-hybridized carbons (Fsp3) is 0.286. The van der Waals surface area contributed by atoms with Gasteiger partial charge in [-0.1, -0.05) is 67.5 Å². The Morgan fingerprint density at radius 2 is 1.82 bits per heavy atom. The van der Waals surface area contributed by atoms with Crippen molar-refractivity contribution in [2.45, 2.75) is 31.5 Å². The number of rotatable bonds is 8. The van der Waals surface area contributed by atoms with Crippen molar-refractivity contribution in [2.75, 3.05) is 5.75 Å². The summed E-state index contributed by atoms with van der Waals surface area (Å²) < 4.78 is 5.63. The number of nitrogens with zero attached hydrogens (tertiary/aromatic N) is 2. The van der Waals surface area contributed by atoms with Gasteiger partial charge in [-0.05, 0) is 42.2 Å². The van der Waals surface area contributed by atoms with Crippen molar-refractivity contribution in [3.05, 3.63) is 65.2 Å². The molecule has 0 aliphatic heterocycles. The zero-order valence-corrected chi connectivity index (χ0v) is 17.3. The predicted octanol–water partition coefficient (Wildman–Crippen LogP) is 5.39. The first-order valence-electron chi connectivity index (χ1n) is 9.08. The molecule has 2 aromatic carbocycles. The van der Waals surface area contributed by atoms with E-state index < -0.39 is 0 Å². The molecular weight excluding hydrogens is 394 g/mol. The maximum Gasteiger partial charge on any atom is 0.277 e. The number of nitrogens with one attached hydrogen (secondary N) is 1. The van der Waals surface area contributed by atoms with E-state index in [4.69, 9.17) is 16.0 Å². The molecule has 0 saturated heterocycles. The molecule has 1 heterocycles. The number of hydrogen-bond donors (Lipinski definition) is 1. The van der Waals surface area contributed by atoms with E-state index in [1.807, 2.05) is 42.5 Å². The molecule has 1 N–H and O–H groups in total. The third-order valence-electron chi connectivity index (χ3n) is 4.07. The molecule has 0 aliphatic rings. The van der Waals surface area contributed by atoms with Gasteiger partial charge in [-0.3, -0.25) is 4.79 Å². The predicted molar refractivity (Wildman–Crippen MR) is 112 cm³/mol. The Hall–Kier alpha value is -2.31. The molecule has 1 amide bonds. The summed E-state index contributed by atoms with van der Waals surface area (Å²) in [6.07, 6.45) is 0.877. The van der Waals surface area contributed by atoms with Crippen LogP contribution >= 0.6 is 23.4 Å². The van der Waals surface area contributed by atoms with Gasteiger partial charge < -0.3 is 9.73 Å². The molecular formula is C21H22ClN3O2S. The Morgan fingerprint density at radius 3 is 2.50 bits per heavy atom. The normalized spacial score (nSPS) is 12.1. The quantitative estimate of drug-likeness (QED) is 0.500. The van der Waals surface area contributed by atoms with Crippen molar-refractivity contribution >= 4 is 29.3 Å². The lowest BCUT2D eigenvalue weighted by Crippen LogP contribution is -2.30. The Balaban J connectivity index is 1.58. The zero-order chi connectivity index (χ0) is 19.9. The Bertz CT molecular complexity index is 898. The van der Waals surface area contributed by atoms with Crippen LogP contribution < -0.4 is 5.32 Å². The summed E-state index contributed by atoms with van der Waals surface area (Å²) in [4.78, 5) is 12.5. The van der Waals surface area contributed by atoms with Crippen LogP contribution in [0.3, 0.4) is 0 Å². The van der Waals surface area contributed by atoms with Gasteiger partial charge in [0.2, 0.25) is 11.8 Å². The fourth-order valence-corrected chi connectivity index (χ4v) is 3.48. The Labute approximate surface area is 173 Å². The summed E-state index contributed by atoms with van der Waals surface area (Å²) in [5, 5.41) is 12.2. The van der Waals surface area contributed by atoms with Crippen molar-refractivity contribution < 1.29 is 9.21 Å². The molecule has 5 nitrogen and oxygen atoms in total. The Kier molecular flexibility index (Phi) is 7.12. The molecule has 0 radical (unpaired) electrons. The number of amides is 1. The fourth-order valence-electron chi connectivity index (χ4n) is 2.78. The largest absolute Gasteiger partial charge is 0.411 e. The maximum absolute atomic E-state index is 12.5. The monoisotopic (exact) mass is 415 g/mol. The highest BCUT2D eigenvalue weighted by molar-refractivity contribution is 7.99. The van der Waals surface area contributed by atoms with Crippen LogP contribution in [0.5, 0.6) is 0 Å². The van der Waals surface area contributed by atoms with E-state index in [2.05, 4.69) is 29.4 Å². The van der Waals surface area contributed by atoms with Crippen molar-refractivity contribution in [2.24, 2.45) is 5.92 Å². The average Bonchev–Trinajstić information content (AvgIpc) is 3.16. The second-order valence-electron chi connectivity index (χ2n) is 6.83. The third-order valence-corrected chi connectivity index (χ3v) is 5.14. The molecule has 0 fully saturated rings. The standard InChI is InChI=1S/C21H22ClN3O2S/c1-14(2)12-18(15-6-4-3-5-7-15)23-19(26)13-28-21-25-24-20(27-21)16-8-10-17(22)11-9-16/h3-11,14,18H,12-13H2,1-2H3,(H,23,26)/t18-/m1/s1. The first kappa shape index (κ1) is 20.4. The molecule has 7 heteroatoms. The molecule has 0 unspecified atom stereocenters. The highest BCUT2D eigenvalue weighted by Crippen LogP contribution is 2.25. The average molecular weight is 416 g/mol. The van der Waals surface area contributed by atoms with Crippen molar-refractivity contribution in [3.8, 4) is 11.5 Å². The minimum Gasteiger partial charge on any atom is -0.411 e. The lowest BCUT2D eigenvalue weighted by molar-refractivity contribution is -0.119. The van der Waals surface area contributed by atoms with Gasteiger partial charge in [-0.25, -0.2) is 0 Å². The third kappa shape index (κ3) is 5.84. The summed E-state index contributed by atoms with van der Waals surface area (Å²) in [6, 6.07) is 17.2. The van der Waals surface area contributed by atoms with Gasteiger partial charge in [0.15, 0.2) is 0 Å². The SMILES string of the molecule is CC(C)C[C@@H](NC(=O)CSc1nnc(-c2ccc(Cl)cc2)o1)c1ccccc1. The van der Waals surface area contributed by atoms with Gasteiger partial charge >= 0.3 is 0 Å². The maximum atomic E-state index is 12.5. The van der Waals surface area contributed by atoms with Gasteiger partial charge in [0, 0.05) is 10.6 Å². The van der Waals surface area contributed by atoms with E-state index in [1.54, 1.807) is 12.1 Å². The first-order chi connectivity index (χ1) is 13.5. The van der Waals surface area contributed by atoms with Gasteiger partial charge in [0.1, 0.15) is 0 Å². The van der Waals surface area contributed by atoms with Crippen LogP contribution in [0.4, 0.5) is 0 Å². The number of carbonyl (C=O) groups excluding carboxylic acids is 1. The number of halogens is 1. The van der Waals surface area contributed by atoms with Crippen molar-refractivity contribution in [3.63, 3.8) is 0 Å². The van der Waals surface area contributed by atoms with Crippen LogP contribution in [-0.2, 0) is 4.79 Å². The van der Waals surface area contributed by atoms with E-state index in [-0.39, 0.29) is 17.7 Å². The molecule has 0 saturated carbocycles. The van der Waals surface area contributed by atoms with Crippen LogP contribution in [0, 0.1) is 5.92 Å². The minimum atomic E-state index is -0.0641. The van der Waals surface area contributed by atoms with Gasteiger partial charge in [0.05, 0.1) is 11.8 Å². The number of aromatic nitrogens is 2. The van der Waals surface area contributed by atoms with Crippen molar-refractivity contribution in [1.29, 1.82) is 0 Å². The highest BCUT2D eigenvalue weighted by Gasteiger charge is 2.17. The lowest BCUT2D eigenvalue weighted by Gasteiger charge is -2.21. The molecule has 0 aliphatic carbocycles. The van der Waals surface area contributed by atoms with Crippen LogP contribution in [0.25, 0.3) is 11.5 Å². The van der Waals surface area contributed by atoms with Gasteiger partial charge in [-0.2, -0.15) is 0 Å². The smallest absolute Gasteiger partial charge is 0.277 e. The summed E-state index contributed by atoms with van der Waals surface area (Å²) in [5.74, 6) is 1.02. The highest BCUT2D eigenvalue weighted by atomic mass is 35.5. The number of carbonyl (C=O) groups is 1. The van der Waals surface area contributed by atoms with E-state index in [0.717, 1.165) is 17.5 Å². The second-order valence-corrected chi connectivity index (χ2v) is 8.19. The lowest BCUT2D eigenvalue weighted by atomic mass is 9.97. The van der Waals surface area contributed by atoms with Crippen molar-refractivity contribution in [1.82, 2.24) is 15.5 Å². The van der Waals surface area contributed by atoms with E-state index in [9.17, 15) is 4.79 Å². The molecule has 146 valence electrons. The van der Waals surface area contributed by atoms with E-state index in [0.29, 0.717) is 22.1 Å². The van der Waals surface area contributed by atoms with Crippen LogP contribution in [0.15, 0.2) is 64.2 Å². The first-order valence-corrected chi connectivity index (χ1v) is 10.4. The van der Waals surface area contributed by atoms with Crippen LogP contribution in [0.2, 0.25) is 5.02 Å². The zero-order valence-electron chi connectivity index (χ0n) is 15.8. The number of thioether (sulfide) groups is 1. The number of hydrogen-bond acceptors (Lipinski definition) is 5. The summed E-state index contributed by atoms with van der Waals surface area (Å²) in [6.45, 7) is 4.29. The second kappa shape index (κ2) is 9.75. The number of benzene rings is 2. The topological polar surface area (TPSA) is 68.0 Å². The van der Waals surface area contributed by atoms with Gasteiger partial charge in [0.25, 0.3) is 5.22 Å². The molecule has 3 aromatic rings. The molecule has 28 heavy (non-hydrogen) atoms. The summed E-state index contributed by atoms with van der Waals surface area (Å²) in [7, 11) is 0. The molecule has 1 atom stereocenters. The molecule has 1 aromatic heterocycles. The van der Waals surface area contributed by atoms with E-state index >= 15 is 0 Å². The molecule has 0 bridgehead atoms. The van der Waals surface area contributed by atoms with Crippen LogP contribution in [-0.4, -0.2) is 21.9 Å². The molecule has 3 rings (SSSR count). The van der Waals surface area contributed by atoms with Crippen LogP contribution in [0.1, 0.15) is 31.9 Å². The molecule has 0 spiro atoms. The summed E-state index contributed by atoms with van der Waals surface area (Å²) in [5.41, 5.74) is 1.90. The van der Waals surface area contributed by atoms with Gasteiger partial charge in [-0.15, -0.1) is 10.2 Å².